The van der Waals surface area contributed by atoms with Gasteiger partial charge < -0.3 is 9.13 Å². The van der Waals surface area contributed by atoms with Crippen LogP contribution in [-0.4, -0.2) is 9.13 Å². The van der Waals surface area contributed by atoms with E-state index in [0.717, 1.165) is 5.69 Å². The molecule has 0 atom stereocenters. The van der Waals surface area contributed by atoms with Gasteiger partial charge in [0, 0.05) is 53.1 Å². The second kappa shape index (κ2) is 11.5. The second-order valence-corrected chi connectivity index (χ2v) is 15.3. The Kier molecular flexibility index (Phi) is 6.58. The molecule has 250 valence electrons. The summed E-state index contributed by atoms with van der Waals surface area (Å²) in [6.45, 7) is 4.43. The maximum absolute atomic E-state index is 2.48. The number of hydrogen-bond donors (Lipinski definition) is 0. The van der Waals surface area contributed by atoms with E-state index in [1.54, 1.807) is 0 Å². The van der Waals surface area contributed by atoms with E-state index in [9.17, 15) is 0 Å². The number of aromatic nitrogens is 2. The lowest BCUT2D eigenvalue weighted by Gasteiger charge is -2.11. The molecule has 0 aliphatic carbocycles. The van der Waals surface area contributed by atoms with E-state index in [0.29, 0.717) is 0 Å². The Morgan fingerprint density at radius 1 is 0.377 bits per heavy atom. The zero-order valence-electron chi connectivity index (χ0n) is 29.5. The van der Waals surface area contributed by atoms with E-state index in [2.05, 4.69) is 193 Å². The van der Waals surface area contributed by atoms with Crippen LogP contribution in [0.25, 0.3) is 97.4 Å². The van der Waals surface area contributed by atoms with Crippen molar-refractivity contribution >= 4 is 75.1 Å². The van der Waals surface area contributed by atoms with Gasteiger partial charge in [-0.05, 0) is 95.8 Å². The first-order chi connectivity index (χ1) is 26.1. The van der Waals surface area contributed by atoms with Crippen molar-refractivity contribution in [1.82, 2.24) is 9.13 Å². The molecular formula is C50H34N2S. The summed E-state index contributed by atoms with van der Waals surface area (Å²) in [6, 6.07) is 62.6. The van der Waals surface area contributed by atoms with Gasteiger partial charge in [0.05, 0.1) is 22.1 Å². The highest BCUT2D eigenvalue weighted by Gasteiger charge is 2.22. The predicted octanol–water partition coefficient (Wildman–Crippen LogP) is 14.2. The van der Waals surface area contributed by atoms with Crippen molar-refractivity contribution in [2.24, 2.45) is 0 Å². The summed E-state index contributed by atoms with van der Waals surface area (Å²) in [5, 5.41) is 7.83. The maximum atomic E-state index is 2.48. The highest BCUT2D eigenvalue weighted by Crippen LogP contribution is 2.46. The van der Waals surface area contributed by atoms with Gasteiger partial charge >= 0.3 is 0 Å². The number of nitrogens with zero attached hydrogens (tertiary/aromatic N) is 2. The zero-order chi connectivity index (χ0) is 35.2. The smallest absolute Gasteiger partial charge is 0.0549 e. The SMILES string of the molecule is Cc1cccc(-n2c3ccccc3c3c4c5c(C)cccc5n(-c5cccc(-c6cccc7c6sc6c(-c8ccccc8)cccc67)c5)c4ccc32)c1. The van der Waals surface area contributed by atoms with Crippen molar-refractivity contribution in [3.05, 3.63) is 181 Å². The first-order valence-electron chi connectivity index (χ1n) is 18.3. The molecule has 53 heavy (non-hydrogen) atoms. The highest BCUT2D eigenvalue weighted by atomic mass is 32.1. The van der Waals surface area contributed by atoms with Crippen LogP contribution in [0.1, 0.15) is 11.1 Å². The molecule has 0 radical (unpaired) electrons. The van der Waals surface area contributed by atoms with Crippen LogP contribution < -0.4 is 0 Å². The molecule has 0 aliphatic heterocycles. The molecule has 8 aromatic carbocycles. The number of para-hydroxylation sites is 1. The summed E-state index contributed by atoms with van der Waals surface area (Å²) in [4.78, 5) is 0. The molecular weight excluding hydrogens is 661 g/mol. The quantitative estimate of drug-likeness (QED) is 0.174. The number of hydrogen-bond acceptors (Lipinski definition) is 1. The maximum Gasteiger partial charge on any atom is 0.0549 e. The lowest BCUT2D eigenvalue weighted by molar-refractivity contribution is 1.17. The number of benzene rings is 8. The summed E-state index contributed by atoms with van der Waals surface area (Å²) in [6.07, 6.45) is 0. The van der Waals surface area contributed by atoms with Crippen LogP contribution in [0.2, 0.25) is 0 Å². The first kappa shape index (κ1) is 30.2. The van der Waals surface area contributed by atoms with Crippen molar-refractivity contribution in [2.45, 2.75) is 13.8 Å². The largest absolute Gasteiger partial charge is 0.309 e. The van der Waals surface area contributed by atoms with E-state index in [4.69, 9.17) is 0 Å². The Hall–Kier alpha value is -6.42. The topological polar surface area (TPSA) is 9.86 Å². The summed E-state index contributed by atoms with van der Waals surface area (Å²) < 4.78 is 7.59. The van der Waals surface area contributed by atoms with Crippen LogP contribution in [0.15, 0.2) is 170 Å². The van der Waals surface area contributed by atoms with Crippen molar-refractivity contribution in [3.63, 3.8) is 0 Å². The van der Waals surface area contributed by atoms with Crippen LogP contribution in [0.4, 0.5) is 0 Å². The molecule has 11 rings (SSSR count). The highest BCUT2D eigenvalue weighted by molar-refractivity contribution is 7.26. The molecule has 0 saturated carbocycles. The van der Waals surface area contributed by atoms with E-state index in [1.165, 1.54) is 103 Å². The fourth-order valence-corrected chi connectivity index (χ4v) is 10.2. The van der Waals surface area contributed by atoms with Gasteiger partial charge in [-0.15, -0.1) is 11.3 Å². The number of rotatable bonds is 4. The van der Waals surface area contributed by atoms with Crippen molar-refractivity contribution in [1.29, 1.82) is 0 Å². The van der Waals surface area contributed by atoms with Gasteiger partial charge in [0.2, 0.25) is 0 Å². The lowest BCUT2D eigenvalue weighted by atomic mass is 10.00. The van der Waals surface area contributed by atoms with Gasteiger partial charge in [0.15, 0.2) is 0 Å². The van der Waals surface area contributed by atoms with E-state index >= 15 is 0 Å². The minimum absolute atomic E-state index is 1.16. The Morgan fingerprint density at radius 3 is 1.70 bits per heavy atom. The monoisotopic (exact) mass is 694 g/mol. The average molecular weight is 695 g/mol. The Bertz CT molecular complexity index is 3250. The van der Waals surface area contributed by atoms with Gasteiger partial charge in [0.1, 0.15) is 0 Å². The third-order valence-corrected chi connectivity index (χ3v) is 12.4. The zero-order valence-corrected chi connectivity index (χ0v) is 30.3. The summed E-state index contributed by atoms with van der Waals surface area (Å²) in [5.41, 5.74) is 14.8. The minimum Gasteiger partial charge on any atom is -0.309 e. The molecule has 0 N–H and O–H groups in total. The Labute approximate surface area is 311 Å². The molecule has 0 unspecified atom stereocenters. The predicted molar refractivity (Wildman–Crippen MR) is 228 cm³/mol. The molecule has 0 bridgehead atoms. The third-order valence-electron chi connectivity index (χ3n) is 11.1. The van der Waals surface area contributed by atoms with Crippen LogP contribution in [0.5, 0.6) is 0 Å². The third kappa shape index (κ3) is 4.44. The van der Waals surface area contributed by atoms with Crippen LogP contribution in [-0.2, 0) is 0 Å². The van der Waals surface area contributed by atoms with Crippen LogP contribution in [0.3, 0.4) is 0 Å². The van der Waals surface area contributed by atoms with E-state index < -0.39 is 0 Å². The van der Waals surface area contributed by atoms with Crippen LogP contribution in [0, 0.1) is 13.8 Å². The van der Waals surface area contributed by atoms with Crippen LogP contribution >= 0.6 is 11.3 Å². The fourth-order valence-electron chi connectivity index (χ4n) is 8.81. The van der Waals surface area contributed by atoms with Crippen molar-refractivity contribution < 1.29 is 0 Å². The van der Waals surface area contributed by atoms with E-state index in [-0.39, 0.29) is 0 Å². The second-order valence-electron chi connectivity index (χ2n) is 14.2. The van der Waals surface area contributed by atoms with Gasteiger partial charge in [-0.3, -0.25) is 0 Å². The molecule has 2 nitrogen and oxygen atoms in total. The average Bonchev–Trinajstić information content (AvgIpc) is 3.86. The summed E-state index contributed by atoms with van der Waals surface area (Å²) in [7, 11) is 0. The molecule has 0 spiro atoms. The Balaban J connectivity index is 1.17. The van der Waals surface area contributed by atoms with Crippen molar-refractivity contribution in [3.8, 4) is 33.6 Å². The Morgan fingerprint density at radius 2 is 0.925 bits per heavy atom. The van der Waals surface area contributed by atoms with Gasteiger partial charge in [-0.2, -0.15) is 0 Å². The van der Waals surface area contributed by atoms with Gasteiger partial charge in [0.25, 0.3) is 0 Å². The van der Waals surface area contributed by atoms with Crippen molar-refractivity contribution in [2.75, 3.05) is 0 Å². The molecule has 3 aromatic heterocycles. The molecule has 11 aromatic rings. The van der Waals surface area contributed by atoms with Gasteiger partial charge in [-0.25, -0.2) is 0 Å². The molecule has 0 saturated heterocycles. The van der Waals surface area contributed by atoms with E-state index in [1.807, 2.05) is 11.3 Å². The summed E-state index contributed by atoms with van der Waals surface area (Å²) in [5.74, 6) is 0. The van der Waals surface area contributed by atoms with Gasteiger partial charge in [-0.1, -0.05) is 121 Å². The standard InChI is InChI=1S/C50H34N2S/c1-31-13-8-18-35(29-31)51-42-25-7-6-20-41(42)47-44(51)27-28-45-48(47)46-32(2)14-9-26-43(46)52(45)36-19-10-17-34(30-36)38-22-12-24-40-39-23-11-21-37(49(39)53-50(38)40)33-15-4-3-5-16-33/h3-30H,1-2H3. The minimum atomic E-state index is 1.16. The number of aryl methyl sites for hydroxylation is 2. The first-order valence-corrected chi connectivity index (χ1v) is 19.1. The molecule has 0 aliphatic rings. The normalized spacial score (nSPS) is 12.0. The molecule has 3 heteroatoms. The lowest BCUT2D eigenvalue weighted by Crippen LogP contribution is -1.95. The fraction of sp³-hybridized carbons (Fsp3) is 0.0400. The number of thiophene rings is 1. The number of fused-ring (bicyclic) bond motifs is 10. The molecule has 3 heterocycles. The summed E-state index contributed by atoms with van der Waals surface area (Å²) >= 11 is 1.91. The molecule has 0 amide bonds. The molecule has 0 fully saturated rings.